The van der Waals surface area contributed by atoms with Gasteiger partial charge in [0.2, 0.25) is 10.0 Å². The highest BCUT2D eigenvalue weighted by Crippen LogP contribution is 2.32. The van der Waals surface area contributed by atoms with E-state index in [-0.39, 0.29) is 24.5 Å². The van der Waals surface area contributed by atoms with Crippen LogP contribution < -0.4 is 4.72 Å². The molecule has 1 N–H and O–H groups in total. The van der Waals surface area contributed by atoms with Crippen LogP contribution >= 0.6 is 0 Å². The summed E-state index contributed by atoms with van der Waals surface area (Å²) in [7, 11) is -3.37. The van der Waals surface area contributed by atoms with Crippen LogP contribution in [0.25, 0.3) is 0 Å². The first-order valence-electron chi connectivity index (χ1n) is 11.2. The van der Waals surface area contributed by atoms with Crippen molar-refractivity contribution in [3.05, 3.63) is 83.6 Å². The second-order valence-corrected chi connectivity index (χ2v) is 10.3. The van der Waals surface area contributed by atoms with Crippen molar-refractivity contribution < 1.29 is 13.2 Å². The van der Waals surface area contributed by atoms with E-state index >= 15 is 0 Å². The fraction of sp³-hybridized carbons (Fsp3) is 0.360. The number of amides is 1. The van der Waals surface area contributed by atoms with E-state index in [2.05, 4.69) is 38.9 Å². The van der Waals surface area contributed by atoms with Crippen molar-refractivity contribution in [1.29, 1.82) is 0 Å². The van der Waals surface area contributed by atoms with E-state index < -0.39 is 10.0 Å². The number of hydrogen-bond donors (Lipinski definition) is 1. The normalized spacial score (nSPS) is 19.5. The van der Waals surface area contributed by atoms with E-state index in [0.29, 0.717) is 31.6 Å². The summed E-state index contributed by atoms with van der Waals surface area (Å²) in [5.74, 6) is -0.00757. The van der Waals surface area contributed by atoms with Crippen LogP contribution in [0.5, 0.6) is 0 Å². The van der Waals surface area contributed by atoms with Crippen molar-refractivity contribution in [2.24, 2.45) is 4.99 Å². The SMILES string of the molecule is CS(=O)(=O)NCC1CN(C(=O)C2=CN=CCC2)CCN1C(c1ccccc1)c1ccccc1. The van der Waals surface area contributed by atoms with Gasteiger partial charge in [-0.2, -0.15) is 0 Å². The lowest BCUT2D eigenvalue weighted by Crippen LogP contribution is -2.59. The summed E-state index contributed by atoms with van der Waals surface area (Å²) in [6.45, 7) is 1.88. The van der Waals surface area contributed by atoms with Crippen molar-refractivity contribution in [1.82, 2.24) is 14.5 Å². The van der Waals surface area contributed by atoms with Gasteiger partial charge in [0.05, 0.1) is 12.3 Å². The summed E-state index contributed by atoms with van der Waals surface area (Å²) in [4.78, 5) is 21.4. The molecule has 1 fully saturated rings. The number of benzene rings is 2. The first-order valence-corrected chi connectivity index (χ1v) is 13.1. The topological polar surface area (TPSA) is 82.1 Å². The maximum Gasteiger partial charge on any atom is 0.251 e. The first kappa shape index (κ1) is 23.4. The van der Waals surface area contributed by atoms with E-state index in [4.69, 9.17) is 0 Å². The zero-order valence-corrected chi connectivity index (χ0v) is 19.6. The minimum absolute atomic E-state index is 0.00757. The van der Waals surface area contributed by atoms with E-state index in [0.717, 1.165) is 17.5 Å². The van der Waals surface area contributed by atoms with E-state index in [1.165, 1.54) is 6.26 Å². The Hall–Kier alpha value is -2.81. The van der Waals surface area contributed by atoms with Gasteiger partial charge in [-0.1, -0.05) is 60.7 Å². The van der Waals surface area contributed by atoms with Crippen molar-refractivity contribution in [2.75, 3.05) is 32.4 Å². The van der Waals surface area contributed by atoms with Crippen molar-refractivity contribution in [2.45, 2.75) is 24.9 Å². The lowest BCUT2D eigenvalue weighted by atomic mass is 9.94. The first-order chi connectivity index (χ1) is 15.9. The largest absolute Gasteiger partial charge is 0.336 e. The molecular formula is C25H30N4O3S. The third-order valence-corrected chi connectivity index (χ3v) is 6.80. The molecule has 2 heterocycles. The monoisotopic (exact) mass is 466 g/mol. The van der Waals surface area contributed by atoms with Crippen LogP contribution in [-0.4, -0.2) is 68.8 Å². The molecular weight excluding hydrogens is 436 g/mol. The van der Waals surface area contributed by atoms with Gasteiger partial charge in [-0.25, -0.2) is 13.1 Å². The molecule has 2 aliphatic heterocycles. The molecule has 0 radical (unpaired) electrons. The number of nitrogens with zero attached hydrogens (tertiary/aromatic N) is 3. The fourth-order valence-corrected chi connectivity index (χ4v) is 5.03. The van der Waals surface area contributed by atoms with Crippen LogP contribution in [0.3, 0.4) is 0 Å². The minimum Gasteiger partial charge on any atom is -0.336 e. The predicted octanol–water partition coefficient (Wildman–Crippen LogP) is 2.59. The van der Waals surface area contributed by atoms with Crippen LogP contribution in [0, 0.1) is 0 Å². The van der Waals surface area contributed by atoms with Gasteiger partial charge in [0.1, 0.15) is 0 Å². The summed E-state index contributed by atoms with van der Waals surface area (Å²) < 4.78 is 26.5. The lowest BCUT2D eigenvalue weighted by Gasteiger charge is -2.45. The maximum atomic E-state index is 13.1. The molecule has 1 saturated heterocycles. The molecule has 7 nitrogen and oxygen atoms in total. The Labute approximate surface area is 195 Å². The molecule has 0 aromatic heterocycles. The van der Waals surface area contributed by atoms with Gasteiger partial charge in [-0.3, -0.25) is 14.7 Å². The summed E-state index contributed by atoms with van der Waals surface area (Å²) in [5.41, 5.74) is 2.98. The summed E-state index contributed by atoms with van der Waals surface area (Å²) >= 11 is 0. The van der Waals surface area contributed by atoms with Crippen LogP contribution in [0.1, 0.15) is 30.0 Å². The quantitative estimate of drug-likeness (QED) is 0.680. The van der Waals surface area contributed by atoms with Crippen molar-refractivity contribution in [3.8, 4) is 0 Å². The lowest BCUT2D eigenvalue weighted by molar-refractivity contribution is -0.130. The molecule has 0 spiro atoms. The van der Waals surface area contributed by atoms with Crippen molar-refractivity contribution >= 4 is 22.1 Å². The van der Waals surface area contributed by atoms with Gasteiger partial charge in [0, 0.05) is 50.2 Å². The Balaban J connectivity index is 1.65. The van der Waals surface area contributed by atoms with E-state index in [9.17, 15) is 13.2 Å². The molecule has 0 saturated carbocycles. The van der Waals surface area contributed by atoms with Gasteiger partial charge in [0.25, 0.3) is 5.91 Å². The number of nitrogens with one attached hydrogen (secondary N) is 1. The van der Waals surface area contributed by atoms with E-state index in [1.807, 2.05) is 47.5 Å². The van der Waals surface area contributed by atoms with Crippen LogP contribution in [0.15, 0.2) is 77.4 Å². The minimum atomic E-state index is -3.37. The standard InChI is InChI=1S/C25H30N4O3S/c1-33(31,32)27-18-23-19-28(25(30)22-13-8-14-26-17-22)15-16-29(23)24(20-9-4-2-5-10-20)21-11-6-3-7-12-21/h2-7,9-12,14,17,23-24,27H,8,13,15-16,18-19H2,1H3. The van der Waals surface area contributed by atoms with Crippen LogP contribution in [0.2, 0.25) is 0 Å². The number of hydrogen-bond acceptors (Lipinski definition) is 5. The third-order valence-electron chi connectivity index (χ3n) is 6.11. The van der Waals surface area contributed by atoms with Crippen LogP contribution in [0.4, 0.5) is 0 Å². The van der Waals surface area contributed by atoms with Crippen LogP contribution in [-0.2, 0) is 14.8 Å². The van der Waals surface area contributed by atoms with Gasteiger partial charge in [-0.15, -0.1) is 0 Å². The molecule has 2 aliphatic rings. The molecule has 0 aliphatic carbocycles. The molecule has 2 aromatic rings. The molecule has 174 valence electrons. The highest BCUT2D eigenvalue weighted by atomic mass is 32.2. The van der Waals surface area contributed by atoms with E-state index in [1.54, 1.807) is 6.20 Å². The Morgan fingerprint density at radius 1 is 1.06 bits per heavy atom. The van der Waals surface area contributed by atoms with Gasteiger partial charge in [-0.05, 0) is 24.0 Å². The number of carbonyl (C=O) groups excluding carboxylic acids is 1. The van der Waals surface area contributed by atoms with Gasteiger partial charge in [0.15, 0.2) is 0 Å². The number of piperazine rings is 1. The number of carbonyl (C=O) groups is 1. The highest BCUT2D eigenvalue weighted by molar-refractivity contribution is 7.88. The van der Waals surface area contributed by atoms with Gasteiger partial charge >= 0.3 is 0 Å². The Morgan fingerprint density at radius 2 is 1.70 bits per heavy atom. The molecule has 0 bridgehead atoms. The molecule has 4 rings (SSSR count). The molecule has 2 aromatic carbocycles. The Kier molecular flexibility index (Phi) is 7.37. The fourth-order valence-electron chi connectivity index (χ4n) is 4.54. The number of aliphatic imine (C=N–C) groups is 1. The molecule has 8 heteroatoms. The molecule has 1 unspecified atom stereocenters. The summed E-state index contributed by atoms with van der Waals surface area (Å²) in [6.07, 6.45) is 6.09. The predicted molar refractivity (Wildman–Crippen MR) is 130 cm³/mol. The maximum absolute atomic E-state index is 13.1. The zero-order valence-electron chi connectivity index (χ0n) is 18.8. The second-order valence-electron chi connectivity index (χ2n) is 8.51. The molecule has 1 amide bonds. The smallest absolute Gasteiger partial charge is 0.251 e. The second kappa shape index (κ2) is 10.4. The number of sulfonamides is 1. The number of rotatable bonds is 7. The summed E-state index contributed by atoms with van der Waals surface area (Å²) in [6, 6.07) is 20.2. The Bertz CT molecular complexity index is 1080. The third kappa shape index (κ3) is 5.96. The molecule has 1 atom stereocenters. The van der Waals surface area contributed by atoms with Crippen molar-refractivity contribution in [3.63, 3.8) is 0 Å². The molecule has 33 heavy (non-hydrogen) atoms. The Morgan fingerprint density at radius 3 is 2.24 bits per heavy atom. The highest BCUT2D eigenvalue weighted by Gasteiger charge is 2.36. The average Bonchev–Trinajstić information content (AvgIpc) is 2.84. The average molecular weight is 467 g/mol. The summed E-state index contributed by atoms with van der Waals surface area (Å²) in [5, 5.41) is 0. The van der Waals surface area contributed by atoms with Gasteiger partial charge < -0.3 is 4.90 Å². The zero-order chi connectivity index (χ0) is 23.3.